The molecule has 320 valence electrons. The standard InChI is InChI=1S/C44H50ClN9O6S/c1-26(2)61(58,59)37-12-7-6-10-32(37)49-39-31(45)21-47-43(51-39)50-34-19-27(3)29(20-36(34)60-5)15-17-52-22-44(23-52)24-53(25-44)18-16-46-33-11-8-9-30-38(33)42(57)54(41(30)56)35-14-13-28(4)48-40(35)55/h6-12,19-21,26,35,46H,4,13-18,22-25H2,1-3,5H3,(H,48,55)(H2,47,49,50,51). The van der Waals surface area contributed by atoms with Crippen LogP contribution in [0.1, 0.15) is 58.5 Å². The van der Waals surface area contributed by atoms with Crippen molar-refractivity contribution in [2.75, 3.05) is 68.9 Å². The number of anilines is 5. The number of carbonyl (C=O) groups excluding carboxylic acids is 3. The van der Waals surface area contributed by atoms with E-state index in [0.717, 1.165) is 56.2 Å². The lowest BCUT2D eigenvalue weighted by Crippen LogP contribution is -2.72. The Morgan fingerprint density at radius 3 is 2.41 bits per heavy atom. The van der Waals surface area contributed by atoms with E-state index in [0.29, 0.717) is 64.4 Å². The number of rotatable bonds is 15. The third-order valence-corrected chi connectivity index (χ3v) is 14.5. The van der Waals surface area contributed by atoms with Gasteiger partial charge in [-0.05, 0) is 87.6 Å². The molecular weight excluding hydrogens is 818 g/mol. The lowest BCUT2D eigenvalue weighted by molar-refractivity contribution is -0.125. The van der Waals surface area contributed by atoms with Gasteiger partial charge in [-0.2, -0.15) is 4.98 Å². The van der Waals surface area contributed by atoms with Crippen molar-refractivity contribution in [3.8, 4) is 5.75 Å². The van der Waals surface area contributed by atoms with Crippen LogP contribution in [0, 0.1) is 12.3 Å². The SMILES string of the molecule is C=C1CCC(N2C(=O)c3cccc(NCCN4CC5(C4)CN(CCc4cc(OC)c(Nc6ncc(Cl)c(Nc7ccccc7S(=O)(=O)C(C)C)n6)cc4C)C5)c3C2=O)C(=O)N1. The van der Waals surface area contributed by atoms with Crippen molar-refractivity contribution in [1.29, 1.82) is 0 Å². The van der Waals surface area contributed by atoms with Crippen LogP contribution in [0.2, 0.25) is 5.02 Å². The zero-order valence-corrected chi connectivity index (χ0v) is 36.3. The van der Waals surface area contributed by atoms with Crippen LogP contribution >= 0.6 is 11.6 Å². The summed E-state index contributed by atoms with van der Waals surface area (Å²) in [4.78, 5) is 54.5. The molecule has 1 unspecified atom stereocenters. The molecule has 8 rings (SSSR count). The van der Waals surface area contributed by atoms with E-state index in [4.69, 9.17) is 16.3 Å². The molecule has 3 fully saturated rings. The first-order valence-corrected chi connectivity index (χ1v) is 22.3. The largest absolute Gasteiger partial charge is 0.495 e. The summed E-state index contributed by atoms with van der Waals surface area (Å²) in [7, 11) is -1.95. The molecule has 4 aromatic rings. The Balaban J connectivity index is 0.814. The Bertz CT molecular complexity index is 2540. The van der Waals surface area contributed by atoms with E-state index >= 15 is 0 Å². The highest BCUT2D eigenvalue weighted by Crippen LogP contribution is 2.40. The molecule has 3 aromatic carbocycles. The molecule has 4 aliphatic heterocycles. The fourth-order valence-electron chi connectivity index (χ4n) is 8.79. The molecule has 1 atom stereocenters. The number of imide groups is 1. The number of halogens is 1. The van der Waals surface area contributed by atoms with Gasteiger partial charge >= 0.3 is 0 Å². The number of nitrogens with one attached hydrogen (secondary N) is 4. The second-order valence-electron chi connectivity index (χ2n) is 16.7. The molecule has 3 saturated heterocycles. The number of ether oxygens (including phenoxy) is 1. The second-order valence-corrected chi connectivity index (χ2v) is 19.5. The third-order valence-electron chi connectivity index (χ3n) is 12.0. The minimum absolute atomic E-state index is 0.163. The fourth-order valence-corrected chi connectivity index (χ4v) is 10.1. The van der Waals surface area contributed by atoms with Gasteiger partial charge in [0.2, 0.25) is 11.9 Å². The molecule has 1 aromatic heterocycles. The topological polar surface area (TPSA) is 178 Å². The second kappa shape index (κ2) is 16.7. The van der Waals surface area contributed by atoms with Gasteiger partial charge in [0, 0.05) is 62.6 Å². The summed E-state index contributed by atoms with van der Waals surface area (Å²) in [5.41, 5.74) is 5.48. The minimum atomic E-state index is -3.57. The third kappa shape index (κ3) is 8.29. The number of carbonyl (C=O) groups is 3. The van der Waals surface area contributed by atoms with Gasteiger partial charge in [-0.25, -0.2) is 13.4 Å². The molecular formula is C44H50ClN9O6S. The fraction of sp³-hybridized carbons (Fsp3) is 0.386. The van der Waals surface area contributed by atoms with E-state index in [2.05, 4.69) is 54.5 Å². The summed E-state index contributed by atoms with van der Waals surface area (Å²) < 4.78 is 31.8. The highest BCUT2D eigenvalue weighted by molar-refractivity contribution is 7.92. The van der Waals surface area contributed by atoms with Crippen LogP contribution in [0.4, 0.5) is 28.8 Å². The van der Waals surface area contributed by atoms with Crippen LogP contribution in [-0.2, 0) is 21.1 Å². The lowest BCUT2D eigenvalue weighted by Gasteiger charge is -2.60. The maximum Gasteiger partial charge on any atom is 0.264 e. The first kappa shape index (κ1) is 42.2. The molecule has 0 radical (unpaired) electrons. The molecule has 4 aliphatic rings. The minimum Gasteiger partial charge on any atom is -0.495 e. The van der Waals surface area contributed by atoms with Crippen molar-refractivity contribution in [2.24, 2.45) is 5.41 Å². The quantitative estimate of drug-likeness (QED) is 0.106. The van der Waals surface area contributed by atoms with Gasteiger partial charge in [0.1, 0.15) is 16.8 Å². The zero-order chi connectivity index (χ0) is 43.2. The number of nitrogens with zero attached hydrogens (tertiary/aromatic N) is 5. The molecule has 17 heteroatoms. The monoisotopic (exact) mass is 867 g/mol. The van der Waals surface area contributed by atoms with Crippen molar-refractivity contribution in [3.05, 3.63) is 100 Å². The van der Waals surface area contributed by atoms with Gasteiger partial charge in [0.25, 0.3) is 11.8 Å². The first-order chi connectivity index (χ1) is 29.2. The van der Waals surface area contributed by atoms with Crippen molar-refractivity contribution < 1.29 is 27.5 Å². The number of aryl methyl sites for hydroxylation is 1. The number of hydrogen-bond donors (Lipinski definition) is 4. The molecule has 0 aliphatic carbocycles. The number of likely N-dealkylation sites (tertiary alicyclic amines) is 2. The Morgan fingerprint density at radius 2 is 1.69 bits per heavy atom. The van der Waals surface area contributed by atoms with Gasteiger partial charge in [0.05, 0.1) is 46.0 Å². The number of benzene rings is 3. The number of methoxy groups -OCH3 is 1. The van der Waals surface area contributed by atoms with Crippen molar-refractivity contribution >= 4 is 68.0 Å². The van der Waals surface area contributed by atoms with Gasteiger partial charge in [-0.1, -0.05) is 36.4 Å². The molecule has 5 heterocycles. The van der Waals surface area contributed by atoms with Crippen LogP contribution in [0.5, 0.6) is 5.75 Å². The van der Waals surface area contributed by atoms with E-state index in [1.165, 1.54) is 11.8 Å². The highest BCUT2D eigenvalue weighted by atomic mass is 35.5. The van der Waals surface area contributed by atoms with Crippen LogP contribution < -0.4 is 26.0 Å². The van der Waals surface area contributed by atoms with Crippen LogP contribution in [0.15, 0.2) is 78.0 Å². The number of allylic oxidation sites excluding steroid dienone is 1. The molecule has 1 spiro atoms. The number of sulfone groups is 1. The average molecular weight is 868 g/mol. The summed E-state index contributed by atoms with van der Waals surface area (Å²) in [5.74, 6) is -0.0852. The molecule has 15 nitrogen and oxygen atoms in total. The van der Waals surface area contributed by atoms with Gasteiger partial charge in [-0.3, -0.25) is 19.3 Å². The molecule has 61 heavy (non-hydrogen) atoms. The van der Waals surface area contributed by atoms with Crippen molar-refractivity contribution in [2.45, 2.75) is 56.2 Å². The lowest BCUT2D eigenvalue weighted by atomic mass is 9.72. The number of para-hydroxylation sites is 1. The number of aromatic nitrogens is 2. The Morgan fingerprint density at radius 1 is 0.967 bits per heavy atom. The first-order valence-electron chi connectivity index (χ1n) is 20.4. The zero-order valence-electron chi connectivity index (χ0n) is 34.7. The van der Waals surface area contributed by atoms with Crippen LogP contribution in [0.3, 0.4) is 0 Å². The summed E-state index contributed by atoms with van der Waals surface area (Å²) in [6, 6.07) is 15.1. The number of piperidine rings is 1. The van der Waals surface area contributed by atoms with Gasteiger partial charge in [-0.15, -0.1) is 0 Å². The van der Waals surface area contributed by atoms with Gasteiger partial charge in [0.15, 0.2) is 15.7 Å². The Labute approximate surface area is 360 Å². The average Bonchev–Trinajstić information content (AvgIpc) is 3.45. The van der Waals surface area contributed by atoms with E-state index in [1.54, 1.807) is 57.4 Å². The number of fused-ring (bicyclic) bond motifs is 1. The molecule has 0 bridgehead atoms. The maximum atomic E-state index is 13.5. The normalized spacial score (nSPS) is 18.8. The predicted molar refractivity (Wildman–Crippen MR) is 235 cm³/mol. The van der Waals surface area contributed by atoms with E-state index < -0.39 is 32.9 Å². The predicted octanol–water partition coefficient (Wildman–Crippen LogP) is 5.78. The summed E-state index contributed by atoms with van der Waals surface area (Å²) in [6.45, 7) is 15.6. The number of hydrogen-bond acceptors (Lipinski definition) is 13. The molecule has 4 N–H and O–H groups in total. The molecule has 3 amide bonds. The smallest absolute Gasteiger partial charge is 0.264 e. The molecule has 0 saturated carbocycles. The van der Waals surface area contributed by atoms with Crippen molar-refractivity contribution in [1.82, 2.24) is 30.0 Å². The summed E-state index contributed by atoms with van der Waals surface area (Å²) in [6.07, 6.45) is 3.20. The van der Waals surface area contributed by atoms with Crippen LogP contribution in [-0.4, -0.2) is 115 Å². The van der Waals surface area contributed by atoms with Crippen LogP contribution in [0.25, 0.3) is 0 Å². The van der Waals surface area contributed by atoms with Gasteiger partial charge < -0.3 is 35.8 Å². The summed E-state index contributed by atoms with van der Waals surface area (Å²) in [5, 5.41) is 12.0. The summed E-state index contributed by atoms with van der Waals surface area (Å²) >= 11 is 6.46. The van der Waals surface area contributed by atoms with E-state index in [9.17, 15) is 22.8 Å². The van der Waals surface area contributed by atoms with Crippen molar-refractivity contribution in [3.63, 3.8) is 0 Å². The highest BCUT2D eigenvalue weighted by Gasteiger charge is 2.51. The Kier molecular flexibility index (Phi) is 11.6. The van der Waals surface area contributed by atoms with E-state index in [-0.39, 0.29) is 27.6 Å². The Hall–Kier alpha value is -5.55. The number of amides is 3. The maximum absolute atomic E-state index is 13.5. The van der Waals surface area contributed by atoms with E-state index in [1.807, 2.05) is 18.2 Å².